The topological polar surface area (TPSA) is 26.0 Å². The molecule has 1 nitrogen and oxygen atoms in total. The largest absolute Gasteiger partial charge is 0.398 e. The predicted molar refractivity (Wildman–Crippen MR) is 108 cm³/mol. The number of benzene rings is 2. The number of nitrogen functional groups attached to an aromatic ring is 1. The van der Waals surface area contributed by atoms with Crippen molar-refractivity contribution in [3.05, 3.63) is 96.1 Å². The molecule has 2 aromatic rings. The van der Waals surface area contributed by atoms with Crippen molar-refractivity contribution in [3.63, 3.8) is 0 Å². The van der Waals surface area contributed by atoms with Crippen LogP contribution in [0.3, 0.4) is 0 Å². The van der Waals surface area contributed by atoms with Crippen molar-refractivity contribution in [1.82, 2.24) is 0 Å². The monoisotopic (exact) mass is 325 g/mol. The summed E-state index contributed by atoms with van der Waals surface area (Å²) >= 11 is 0. The maximum absolute atomic E-state index is 6.27. The van der Waals surface area contributed by atoms with Gasteiger partial charge in [0.25, 0.3) is 0 Å². The summed E-state index contributed by atoms with van der Waals surface area (Å²) in [6.07, 6.45) is 18.6. The van der Waals surface area contributed by atoms with Gasteiger partial charge in [-0.25, -0.2) is 0 Å². The number of hydrogen-bond donors (Lipinski definition) is 1. The van der Waals surface area contributed by atoms with E-state index >= 15 is 0 Å². The lowest BCUT2D eigenvalue weighted by atomic mass is 9.88. The van der Waals surface area contributed by atoms with Crippen LogP contribution in [0.5, 0.6) is 0 Å². The maximum atomic E-state index is 6.27. The van der Waals surface area contributed by atoms with E-state index in [4.69, 9.17) is 5.73 Å². The average Bonchev–Trinajstić information content (AvgIpc) is 2.70. The molecule has 2 aliphatic carbocycles. The molecule has 1 atom stereocenters. The van der Waals surface area contributed by atoms with Crippen LogP contribution in [0.4, 0.5) is 5.69 Å². The Labute approximate surface area is 149 Å². The smallest absolute Gasteiger partial charge is 0.0353 e. The van der Waals surface area contributed by atoms with E-state index < -0.39 is 0 Å². The van der Waals surface area contributed by atoms with E-state index in [-0.39, 0.29) is 0 Å². The molecule has 0 amide bonds. The molecule has 0 fully saturated rings. The van der Waals surface area contributed by atoms with Crippen LogP contribution >= 0.6 is 0 Å². The SMILES string of the molecule is Nc1ccc(-c2cccc(C3=CC=CCC3)c2)cc1C1C=CC=CC1. The maximum Gasteiger partial charge on any atom is 0.0353 e. The first-order valence-electron chi connectivity index (χ1n) is 9.00. The molecule has 0 heterocycles. The van der Waals surface area contributed by atoms with E-state index in [0.717, 1.165) is 24.9 Å². The van der Waals surface area contributed by atoms with Gasteiger partial charge in [-0.15, -0.1) is 0 Å². The molecule has 0 saturated heterocycles. The van der Waals surface area contributed by atoms with Gasteiger partial charge in [-0.1, -0.05) is 66.8 Å². The summed E-state index contributed by atoms with van der Waals surface area (Å²) in [4.78, 5) is 0. The highest BCUT2D eigenvalue weighted by atomic mass is 14.6. The molecule has 0 spiro atoms. The minimum absolute atomic E-state index is 0.374. The number of allylic oxidation sites excluding steroid dienone is 8. The predicted octanol–water partition coefficient (Wildman–Crippen LogP) is 6.27. The van der Waals surface area contributed by atoms with Crippen LogP contribution in [-0.2, 0) is 0 Å². The first kappa shape index (κ1) is 15.7. The van der Waals surface area contributed by atoms with Gasteiger partial charge in [-0.2, -0.15) is 0 Å². The molecule has 0 aromatic heterocycles. The van der Waals surface area contributed by atoms with Gasteiger partial charge in [0.15, 0.2) is 0 Å². The van der Waals surface area contributed by atoms with E-state index in [1.165, 1.54) is 27.8 Å². The molecular weight excluding hydrogens is 302 g/mol. The molecule has 2 aromatic carbocycles. The van der Waals surface area contributed by atoms with E-state index in [0.29, 0.717) is 5.92 Å². The van der Waals surface area contributed by atoms with E-state index in [9.17, 15) is 0 Å². The average molecular weight is 325 g/mol. The van der Waals surface area contributed by atoms with Crippen LogP contribution in [0.1, 0.15) is 36.3 Å². The Bertz CT molecular complexity index is 896. The normalized spacial score (nSPS) is 19.0. The van der Waals surface area contributed by atoms with Crippen molar-refractivity contribution < 1.29 is 0 Å². The summed E-state index contributed by atoms with van der Waals surface area (Å²) in [6, 6.07) is 15.3. The molecule has 0 bridgehead atoms. The highest BCUT2D eigenvalue weighted by Gasteiger charge is 2.13. The van der Waals surface area contributed by atoms with Crippen molar-refractivity contribution in [3.8, 4) is 11.1 Å². The van der Waals surface area contributed by atoms with Gasteiger partial charge in [-0.3, -0.25) is 0 Å². The van der Waals surface area contributed by atoms with Gasteiger partial charge >= 0.3 is 0 Å². The molecule has 0 aliphatic heterocycles. The van der Waals surface area contributed by atoms with Gasteiger partial charge < -0.3 is 5.73 Å². The number of hydrogen-bond acceptors (Lipinski definition) is 1. The summed E-state index contributed by atoms with van der Waals surface area (Å²) in [7, 11) is 0. The van der Waals surface area contributed by atoms with Crippen LogP contribution in [-0.4, -0.2) is 0 Å². The third-order valence-corrected chi connectivity index (χ3v) is 5.05. The quantitative estimate of drug-likeness (QED) is 0.661. The second kappa shape index (κ2) is 6.98. The molecule has 0 radical (unpaired) electrons. The summed E-state index contributed by atoms with van der Waals surface area (Å²) < 4.78 is 0. The van der Waals surface area contributed by atoms with E-state index in [1.807, 2.05) is 6.07 Å². The lowest BCUT2D eigenvalue weighted by Crippen LogP contribution is -2.02. The highest BCUT2D eigenvalue weighted by molar-refractivity contribution is 5.75. The van der Waals surface area contributed by atoms with Gasteiger partial charge in [0, 0.05) is 11.6 Å². The summed E-state index contributed by atoms with van der Waals surface area (Å²) in [6.45, 7) is 0. The molecule has 1 heteroatoms. The lowest BCUT2D eigenvalue weighted by molar-refractivity contribution is 0.857. The lowest BCUT2D eigenvalue weighted by Gasteiger charge is -2.18. The third-order valence-electron chi connectivity index (χ3n) is 5.05. The first-order valence-corrected chi connectivity index (χ1v) is 9.00. The Morgan fingerprint density at radius 3 is 2.52 bits per heavy atom. The molecule has 2 aliphatic rings. The van der Waals surface area contributed by atoms with Crippen LogP contribution in [0.2, 0.25) is 0 Å². The number of rotatable bonds is 3. The summed E-state index contributed by atoms with van der Waals surface area (Å²) in [5.41, 5.74) is 13.6. The molecule has 1 unspecified atom stereocenters. The molecule has 2 N–H and O–H groups in total. The Hall–Kier alpha value is -2.80. The van der Waals surface area contributed by atoms with E-state index in [2.05, 4.69) is 78.9 Å². The molecule has 124 valence electrons. The Balaban J connectivity index is 1.70. The minimum Gasteiger partial charge on any atom is -0.398 e. The second-order valence-electron chi connectivity index (χ2n) is 6.74. The van der Waals surface area contributed by atoms with Gasteiger partial charge in [0.1, 0.15) is 0 Å². The first-order chi connectivity index (χ1) is 12.3. The zero-order valence-electron chi connectivity index (χ0n) is 14.4. The Morgan fingerprint density at radius 2 is 1.72 bits per heavy atom. The van der Waals surface area contributed by atoms with Crippen LogP contribution < -0.4 is 5.73 Å². The van der Waals surface area contributed by atoms with Crippen LogP contribution in [0, 0.1) is 0 Å². The summed E-state index contributed by atoms with van der Waals surface area (Å²) in [5.74, 6) is 0.374. The van der Waals surface area contributed by atoms with Crippen LogP contribution in [0.25, 0.3) is 16.7 Å². The Kier molecular flexibility index (Phi) is 4.39. The minimum atomic E-state index is 0.374. The molecule has 0 saturated carbocycles. The fourth-order valence-electron chi connectivity index (χ4n) is 3.63. The third kappa shape index (κ3) is 3.36. The second-order valence-corrected chi connectivity index (χ2v) is 6.74. The standard InChI is InChI=1S/C24H23N/c25-24-15-14-22(17-23(24)19-10-5-2-6-11-19)21-13-7-12-20(16-21)18-8-3-1-4-9-18/h1-3,5-8,10,12-17,19H,4,9,11,25H2. The Morgan fingerprint density at radius 1 is 0.840 bits per heavy atom. The fraction of sp³-hybridized carbons (Fsp3) is 0.167. The number of anilines is 1. The van der Waals surface area contributed by atoms with Crippen molar-refractivity contribution in [1.29, 1.82) is 0 Å². The van der Waals surface area contributed by atoms with Crippen LogP contribution in [0.15, 0.2) is 85.0 Å². The molecule has 4 rings (SSSR count). The summed E-state index contributed by atoms with van der Waals surface area (Å²) in [5, 5.41) is 0. The van der Waals surface area contributed by atoms with E-state index in [1.54, 1.807) is 0 Å². The van der Waals surface area contributed by atoms with Crippen molar-refractivity contribution in [2.75, 3.05) is 5.73 Å². The zero-order valence-corrected chi connectivity index (χ0v) is 14.4. The van der Waals surface area contributed by atoms with Gasteiger partial charge in [-0.05, 0) is 65.3 Å². The number of nitrogens with two attached hydrogens (primary N) is 1. The van der Waals surface area contributed by atoms with Crippen molar-refractivity contribution >= 4 is 11.3 Å². The highest BCUT2D eigenvalue weighted by Crippen LogP contribution is 2.34. The van der Waals surface area contributed by atoms with Crippen molar-refractivity contribution in [2.45, 2.75) is 25.2 Å². The van der Waals surface area contributed by atoms with Crippen molar-refractivity contribution in [2.24, 2.45) is 0 Å². The van der Waals surface area contributed by atoms with Gasteiger partial charge in [0.2, 0.25) is 0 Å². The fourth-order valence-corrected chi connectivity index (χ4v) is 3.63. The molecular formula is C24H23N. The zero-order chi connectivity index (χ0) is 17.1. The van der Waals surface area contributed by atoms with Gasteiger partial charge in [0.05, 0.1) is 0 Å². The molecule has 25 heavy (non-hydrogen) atoms.